The van der Waals surface area contributed by atoms with Crippen LogP contribution in [0.15, 0.2) is 0 Å². The van der Waals surface area contributed by atoms with Crippen molar-refractivity contribution in [2.45, 2.75) is 38.8 Å². The summed E-state index contributed by atoms with van der Waals surface area (Å²) in [6.07, 6.45) is -0.0245. The van der Waals surface area contributed by atoms with Gasteiger partial charge in [-0.2, -0.15) is 12.6 Å². The summed E-state index contributed by atoms with van der Waals surface area (Å²) >= 11 is 4.02. The zero-order valence-electron chi connectivity index (χ0n) is 11.8. The molecule has 20 heavy (non-hydrogen) atoms. The molecule has 0 aromatic heterocycles. The van der Waals surface area contributed by atoms with Crippen molar-refractivity contribution in [1.82, 2.24) is 10.6 Å². The van der Waals surface area contributed by atoms with Crippen LogP contribution in [-0.4, -0.2) is 47.3 Å². The average molecular weight is 305 g/mol. The number of nitrogens with two attached hydrogens (primary N) is 1. The van der Waals surface area contributed by atoms with Gasteiger partial charge in [0.1, 0.15) is 12.1 Å². The second kappa shape index (κ2) is 9.60. The lowest BCUT2D eigenvalue weighted by molar-refractivity contribution is -0.138. The molecule has 2 unspecified atom stereocenters. The molecular weight excluding hydrogens is 282 g/mol. The third-order valence-electron chi connectivity index (χ3n) is 2.52. The van der Waals surface area contributed by atoms with Gasteiger partial charge in [0.2, 0.25) is 11.8 Å². The number of rotatable bonds is 9. The minimum Gasteiger partial charge on any atom is -0.480 e. The summed E-state index contributed by atoms with van der Waals surface area (Å²) in [4.78, 5) is 33.9. The molecule has 0 heterocycles. The van der Waals surface area contributed by atoms with E-state index in [0.717, 1.165) is 0 Å². The van der Waals surface area contributed by atoms with Gasteiger partial charge in [0.05, 0.1) is 0 Å². The van der Waals surface area contributed by atoms with Crippen LogP contribution in [0.5, 0.6) is 0 Å². The molecule has 0 aliphatic rings. The average Bonchev–Trinajstić information content (AvgIpc) is 2.38. The number of hydrogen-bond acceptors (Lipinski definition) is 5. The van der Waals surface area contributed by atoms with E-state index >= 15 is 0 Å². The van der Waals surface area contributed by atoms with Crippen molar-refractivity contribution in [3.8, 4) is 0 Å². The summed E-state index contributed by atoms with van der Waals surface area (Å²) < 4.78 is 0. The second-order valence-corrected chi connectivity index (χ2v) is 5.29. The molecule has 0 saturated carbocycles. The molecular formula is C12H23N3O4S. The lowest BCUT2D eigenvalue weighted by atomic mass is 10.1. The molecule has 2 amide bonds. The van der Waals surface area contributed by atoms with Gasteiger partial charge in [-0.25, -0.2) is 0 Å². The summed E-state index contributed by atoms with van der Waals surface area (Å²) in [5.74, 6) is -1.40. The Kier molecular flexibility index (Phi) is 8.98. The molecule has 8 heteroatoms. The molecule has 0 rings (SSSR count). The van der Waals surface area contributed by atoms with E-state index in [0.29, 0.717) is 12.5 Å². The fourth-order valence-corrected chi connectivity index (χ4v) is 1.56. The largest absolute Gasteiger partial charge is 0.480 e. The Labute approximate surface area is 124 Å². The maximum absolute atomic E-state index is 11.8. The first-order chi connectivity index (χ1) is 9.27. The summed E-state index contributed by atoms with van der Waals surface area (Å²) in [6, 6.07) is -1.81. The van der Waals surface area contributed by atoms with Gasteiger partial charge >= 0.3 is 5.97 Å². The van der Waals surface area contributed by atoms with E-state index in [9.17, 15) is 14.4 Å². The Morgan fingerprint density at radius 3 is 2.35 bits per heavy atom. The minimum absolute atomic E-state index is 0.0219. The van der Waals surface area contributed by atoms with Crippen molar-refractivity contribution in [2.75, 3.05) is 12.3 Å². The smallest absolute Gasteiger partial charge is 0.320 e. The molecule has 116 valence electrons. The predicted molar refractivity (Wildman–Crippen MR) is 78.5 cm³/mol. The number of nitrogens with one attached hydrogen (secondary N) is 2. The van der Waals surface area contributed by atoms with E-state index in [2.05, 4.69) is 23.3 Å². The van der Waals surface area contributed by atoms with E-state index in [-0.39, 0.29) is 24.5 Å². The highest BCUT2D eigenvalue weighted by Crippen LogP contribution is 1.98. The van der Waals surface area contributed by atoms with Crippen molar-refractivity contribution in [1.29, 1.82) is 0 Å². The fourth-order valence-electron chi connectivity index (χ4n) is 1.30. The molecule has 0 spiro atoms. The van der Waals surface area contributed by atoms with Gasteiger partial charge in [-0.05, 0) is 12.3 Å². The van der Waals surface area contributed by atoms with E-state index in [1.54, 1.807) is 0 Å². The Bertz CT molecular complexity index is 350. The van der Waals surface area contributed by atoms with Gasteiger partial charge in [-0.1, -0.05) is 13.8 Å². The van der Waals surface area contributed by atoms with Gasteiger partial charge in [0.25, 0.3) is 0 Å². The number of hydrogen-bond donors (Lipinski definition) is 5. The summed E-state index contributed by atoms with van der Waals surface area (Å²) in [5, 5.41) is 13.8. The molecule has 0 saturated heterocycles. The molecule has 0 aromatic rings. The Balaban J connectivity index is 4.18. The molecule has 0 radical (unpaired) electrons. The summed E-state index contributed by atoms with van der Waals surface area (Å²) in [6.45, 7) is 4.44. The van der Waals surface area contributed by atoms with Crippen molar-refractivity contribution in [3.05, 3.63) is 0 Å². The van der Waals surface area contributed by atoms with Crippen LogP contribution in [0, 0.1) is 5.92 Å². The first-order valence-electron chi connectivity index (χ1n) is 6.44. The molecule has 0 aliphatic heterocycles. The lowest BCUT2D eigenvalue weighted by Gasteiger charge is -2.17. The van der Waals surface area contributed by atoms with Crippen LogP contribution in [0.2, 0.25) is 0 Å². The lowest BCUT2D eigenvalue weighted by Crippen LogP contribution is -2.48. The fraction of sp³-hybridized carbons (Fsp3) is 0.750. The molecule has 2 atom stereocenters. The number of carbonyl (C=O) groups excluding carboxylic acids is 2. The highest BCUT2D eigenvalue weighted by Gasteiger charge is 2.20. The number of amides is 2. The van der Waals surface area contributed by atoms with Gasteiger partial charge in [0, 0.05) is 18.7 Å². The molecule has 0 fully saturated rings. The van der Waals surface area contributed by atoms with Crippen molar-refractivity contribution < 1.29 is 19.5 Å². The Hall–Kier alpha value is -1.28. The van der Waals surface area contributed by atoms with Crippen LogP contribution < -0.4 is 16.4 Å². The number of carboxylic acids is 1. The Morgan fingerprint density at radius 2 is 1.90 bits per heavy atom. The normalized spacial score (nSPS) is 13.7. The van der Waals surface area contributed by atoms with Gasteiger partial charge in [-0.15, -0.1) is 0 Å². The second-order valence-electron chi connectivity index (χ2n) is 4.93. The number of carbonyl (C=O) groups is 3. The maximum atomic E-state index is 11.8. The highest BCUT2D eigenvalue weighted by atomic mass is 32.1. The van der Waals surface area contributed by atoms with E-state index in [1.807, 2.05) is 13.8 Å². The highest BCUT2D eigenvalue weighted by molar-refractivity contribution is 7.80. The maximum Gasteiger partial charge on any atom is 0.320 e. The zero-order chi connectivity index (χ0) is 15.7. The van der Waals surface area contributed by atoms with Gasteiger partial charge in [-0.3, -0.25) is 14.4 Å². The first kappa shape index (κ1) is 18.7. The SMILES string of the molecule is CC(C)CNC(=O)C(CS)NC(=O)CCC(N)C(=O)O. The monoisotopic (exact) mass is 305 g/mol. The Morgan fingerprint density at radius 1 is 1.30 bits per heavy atom. The van der Waals surface area contributed by atoms with E-state index in [1.165, 1.54) is 0 Å². The van der Waals surface area contributed by atoms with Gasteiger partial charge in [0.15, 0.2) is 0 Å². The minimum atomic E-state index is -1.15. The molecule has 7 nitrogen and oxygen atoms in total. The van der Waals surface area contributed by atoms with Crippen LogP contribution in [0.25, 0.3) is 0 Å². The van der Waals surface area contributed by atoms with Crippen molar-refractivity contribution in [3.63, 3.8) is 0 Å². The quantitative estimate of drug-likeness (QED) is 0.363. The number of aliphatic carboxylic acids is 1. The standard InChI is InChI=1S/C12H23N3O4S/c1-7(2)5-14-11(17)9(6-20)15-10(16)4-3-8(13)12(18)19/h7-9,20H,3-6,13H2,1-2H3,(H,14,17)(H,15,16)(H,18,19). The van der Waals surface area contributed by atoms with Crippen LogP contribution in [0.1, 0.15) is 26.7 Å². The van der Waals surface area contributed by atoms with Crippen LogP contribution >= 0.6 is 12.6 Å². The van der Waals surface area contributed by atoms with Crippen LogP contribution in [0.3, 0.4) is 0 Å². The zero-order valence-corrected chi connectivity index (χ0v) is 12.7. The number of thiol groups is 1. The van der Waals surface area contributed by atoms with Crippen LogP contribution in [0.4, 0.5) is 0 Å². The van der Waals surface area contributed by atoms with Crippen LogP contribution in [-0.2, 0) is 14.4 Å². The molecule has 0 aromatic carbocycles. The third-order valence-corrected chi connectivity index (χ3v) is 2.88. The predicted octanol–water partition coefficient (Wildman–Crippen LogP) is -0.635. The summed E-state index contributed by atoms with van der Waals surface area (Å²) in [5.41, 5.74) is 5.29. The van der Waals surface area contributed by atoms with E-state index in [4.69, 9.17) is 10.8 Å². The first-order valence-corrected chi connectivity index (χ1v) is 7.07. The number of carboxylic acid groups (broad SMARTS) is 1. The molecule has 0 aliphatic carbocycles. The van der Waals surface area contributed by atoms with E-state index < -0.39 is 24.0 Å². The third kappa shape index (κ3) is 8.00. The topological polar surface area (TPSA) is 122 Å². The van der Waals surface area contributed by atoms with Crippen molar-refractivity contribution in [2.24, 2.45) is 11.7 Å². The molecule has 5 N–H and O–H groups in total. The summed E-state index contributed by atoms with van der Waals surface area (Å²) in [7, 11) is 0. The molecule has 0 bridgehead atoms. The van der Waals surface area contributed by atoms with Gasteiger partial charge < -0.3 is 21.5 Å². The van der Waals surface area contributed by atoms with Crippen molar-refractivity contribution >= 4 is 30.4 Å².